The molecule has 0 aliphatic carbocycles. The maximum absolute atomic E-state index is 13.7. The van der Waals surface area contributed by atoms with E-state index < -0.39 is 29.9 Å². The van der Waals surface area contributed by atoms with Crippen LogP contribution in [-0.4, -0.2) is 70.6 Å². The molecule has 2 aromatic carbocycles. The van der Waals surface area contributed by atoms with Crippen molar-refractivity contribution in [2.45, 2.75) is 29.7 Å². The van der Waals surface area contributed by atoms with Crippen LogP contribution in [0.4, 0.5) is 17.3 Å². The quantitative estimate of drug-likeness (QED) is 0.211. The van der Waals surface area contributed by atoms with Crippen molar-refractivity contribution in [2.24, 2.45) is 11.1 Å². The van der Waals surface area contributed by atoms with Crippen molar-refractivity contribution in [3.8, 4) is 11.5 Å². The van der Waals surface area contributed by atoms with Crippen molar-refractivity contribution >= 4 is 58.1 Å². The van der Waals surface area contributed by atoms with E-state index in [1.165, 1.54) is 37.3 Å². The number of phenolic OH excluding ortho intramolecular Hbond substituents is 1. The van der Waals surface area contributed by atoms with Crippen molar-refractivity contribution in [3.63, 3.8) is 0 Å². The van der Waals surface area contributed by atoms with Gasteiger partial charge in [0, 0.05) is 40.8 Å². The molecule has 0 bridgehead atoms. The monoisotopic (exact) mass is 666 g/mol. The van der Waals surface area contributed by atoms with Crippen molar-refractivity contribution in [2.75, 3.05) is 49.7 Å². The number of amides is 1. The number of aromatic nitrogens is 2. The minimum atomic E-state index is -2.95. The van der Waals surface area contributed by atoms with Crippen LogP contribution in [0.3, 0.4) is 0 Å². The smallest absolute Gasteiger partial charge is 0.262 e. The van der Waals surface area contributed by atoms with E-state index in [0.717, 1.165) is 43.9 Å². The average molecular weight is 667 g/mol. The first-order valence-corrected chi connectivity index (χ1v) is 15.3. The largest absolute Gasteiger partial charge is 0.506 e. The van der Waals surface area contributed by atoms with Gasteiger partial charge >= 0.3 is 0 Å². The maximum Gasteiger partial charge on any atom is 0.262 e. The number of likely N-dealkylation sites (N-methyl/N-ethyl adjacent to an activating group) is 1. The molecule has 1 fully saturated rings. The summed E-state index contributed by atoms with van der Waals surface area (Å²) in [5.74, 6) is 0.382. The van der Waals surface area contributed by atoms with Gasteiger partial charge in [0.2, 0.25) is 0 Å². The zero-order chi connectivity index (χ0) is 35.7. The molecule has 12 nitrogen and oxygen atoms in total. The fourth-order valence-corrected chi connectivity index (χ4v) is 6.16. The molecule has 1 aromatic heterocycles. The first kappa shape index (κ1) is 28.8. The number of aliphatic hydroxyl groups is 1. The third kappa shape index (κ3) is 6.49. The van der Waals surface area contributed by atoms with Crippen molar-refractivity contribution < 1.29 is 28.7 Å². The van der Waals surface area contributed by atoms with Gasteiger partial charge in [-0.05, 0) is 54.6 Å². The number of hydrogen-bond acceptors (Lipinski definition) is 12. The molecule has 2 aliphatic heterocycles. The maximum atomic E-state index is 13.7. The van der Waals surface area contributed by atoms with Crippen LogP contribution >= 0.6 is 23.4 Å². The molecule has 2 aliphatic rings. The summed E-state index contributed by atoms with van der Waals surface area (Å²) in [6.45, 7) is 1.40. The summed E-state index contributed by atoms with van der Waals surface area (Å²) < 4.78 is 29.1. The number of carbonyl (C=O) groups is 1. The van der Waals surface area contributed by atoms with Gasteiger partial charge in [-0.25, -0.2) is 14.8 Å². The van der Waals surface area contributed by atoms with Gasteiger partial charge in [-0.15, -0.1) is 0 Å². The Morgan fingerprint density at radius 3 is 2.70 bits per heavy atom. The summed E-state index contributed by atoms with van der Waals surface area (Å²) in [6, 6.07) is 8.76. The molecule has 0 radical (unpaired) electrons. The number of allylic oxidation sites excluding steroid dienone is 1. The normalized spacial score (nSPS) is 17.4. The number of benzene rings is 2. The molecular formula is C32H34ClN7O5S. The fourth-order valence-electron chi connectivity index (χ4n) is 5.06. The molecule has 1 amide bonds. The van der Waals surface area contributed by atoms with E-state index in [9.17, 15) is 19.8 Å². The minimum Gasteiger partial charge on any atom is -0.506 e. The van der Waals surface area contributed by atoms with Gasteiger partial charge in [0.15, 0.2) is 23.3 Å². The van der Waals surface area contributed by atoms with Gasteiger partial charge in [-0.3, -0.25) is 4.79 Å². The van der Waals surface area contributed by atoms with Gasteiger partial charge in [0.25, 0.3) is 5.91 Å². The number of halogens is 1. The predicted octanol–water partition coefficient (Wildman–Crippen LogP) is 4.60. The van der Waals surface area contributed by atoms with Gasteiger partial charge in [0.1, 0.15) is 27.9 Å². The number of nitrogens with two attached hydrogens (primary N) is 2. The number of carbonyl (C=O) groups excluding carboxylic acids is 2. The van der Waals surface area contributed by atoms with Gasteiger partial charge < -0.3 is 41.5 Å². The summed E-state index contributed by atoms with van der Waals surface area (Å²) in [6.07, 6.45) is 4.48. The molecule has 5 rings (SSSR count). The number of nitrogens with one attached hydrogen (secondary N) is 1. The number of rotatable bonds is 8. The van der Waals surface area contributed by atoms with Crippen LogP contribution in [0.5, 0.6) is 11.5 Å². The van der Waals surface area contributed by atoms with Crippen LogP contribution in [0.1, 0.15) is 29.4 Å². The molecule has 240 valence electrons. The van der Waals surface area contributed by atoms with Crippen LogP contribution in [0, 0.1) is 5.41 Å². The fraction of sp³-hybridized carbons (Fsp3) is 0.281. The van der Waals surface area contributed by atoms with E-state index >= 15 is 0 Å². The van der Waals surface area contributed by atoms with Crippen molar-refractivity contribution in [1.29, 1.82) is 0 Å². The van der Waals surface area contributed by atoms with Crippen LogP contribution in [-0.2, 0) is 9.59 Å². The molecule has 0 atom stereocenters. The van der Waals surface area contributed by atoms with Crippen LogP contribution in [0.25, 0.3) is 5.57 Å². The predicted molar refractivity (Wildman–Crippen MR) is 179 cm³/mol. The Morgan fingerprint density at radius 1 is 1.28 bits per heavy atom. The molecule has 1 saturated heterocycles. The Labute approximate surface area is 279 Å². The number of phenols is 1. The second-order valence-corrected chi connectivity index (χ2v) is 12.5. The zero-order valence-electron chi connectivity index (χ0n) is 28.0. The van der Waals surface area contributed by atoms with Gasteiger partial charge in [-0.1, -0.05) is 42.4 Å². The van der Waals surface area contributed by atoms with E-state index in [4.69, 9.17) is 31.9 Å². The molecule has 14 heteroatoms. The highest BCUT2D eigenvalue weighted by atomic mass is 35.5. The first-order valence-electron chi connectivity index (χ1n) is 15.6. The summed E-state index contributed by atoms with van der Waals surface area (Å²) in [4.78, 5) is 38.1. The zero-order valence-corrected chi connectivity index (χ0v) is 26.6. The molecule has 3 heterocycles. The lowest BCUT2D eigenvalue weighted by Crippen LogP contribution is -2.42. The SMILES string of the molecule is [2H]C([2H])([2H])N1C=C(c2ccc(O)c(OC)c2)C(O)=C(C(=O)Nc2cccc(Sc3ncc(N4CCC(C)(CN)CC4)nc3N)c2Cl)C1=C=O. The highest BCUT2D eigenvalue weighted by Crippen LogP contribution is 2.41. The lowest BCUT2D eigenvalue weighted by atomic mass is 9.80. The first-order chi connectivity index (χ1) is 23.2. The second-order valence-electron chi connectivity index (χ2n) is 11.1. The number of ether oxygens (including phenoxy) is 1. The molecule has 0 spiro atoms. The standard InChI is InChI=1S/C32H34ClN7O5S/c1-32(17-34)9-11-40(12-10-32)25-14-36-31(29(35)38-25)46-24-6-4-5-20(27(24)33)37-30(44)26-21(16-41)39(2)15-19(28(26)43)18-7-8-22(42)23(13-18)45-3/h4-8,13-15,42-43H,9-12,17,34H2,1-3H3,(H2,35,38)(H,37,44)/i2D3. The topological polar surface area (TPSA) is 180 Å². The van der Waals surface area contributed by atoms with Gasteiger partial charge in [0.05, 0.1) is 24.0 Å². The Kier molecular flexibility index (Phi) is 8.35. The Hall–Kier alpha value is -4.68. The molecule has 7 N–H and O–H groups in total. The molecule has 0 saturated carbocycles. The van der Waals surface area contributed by atoms with E-state index in [0.29, 0.717) is 27.2 Å². The van der Waals surface area contributed by atoms with Crippen molar-refractivity contribution in [1.82, 2.24) is 14.9 Å². The summed E-state index contributed by atoms with van der Waals surface area (Å²) in [5, 5.41) is 24.4. The lowest BCUT2D eigenvalue weighted by Gasteiger charge is -2.39. The Balaban J connectivity index is 1.42. The number of hydrogen-bond donors (Lipinski definition) is 5. The van der Waals surface area contributed by atoms with E-state index in [2.05, 4.69) is 27.1 Å². The lowest BCUT2D eigenvalue weighted by molar-refractivity contribution is -0.112. The number of aliphatic hydroxyl groups excluding tert-OH is 1. The molecule has 46 heavy (non-hydrogen) atoms. The van der Waals surface area contributed by atoms with Crippen molar-refractivity contribution in [3.05, 3.63) is 76.4 Å². The minimum absolute atomic E-state index is 0.0250. The van der Waals surface area contributed by atoms with Crippen LogP contribution in [0.15, 0.2) is 75.7 Å². The summed E-state index contributed by atoms with van der Waals surface area (Å²) >= 11 is 7.83. The molecule has 0 unspecified atom stereocenters. The summed E-state index contributed by atoms with van der Waals surface area (Å²) in [7, 11) is 1.31. The number of nitrogen functional groups attached to an aromatic ring is 1. The third-order valence-electron chi connectivity index (χ3n) is 8.00. The number of aromatic hydroxyl groups is 1. The molecule has 3 aromatic rings. The number of anilines is 3. The van der Waals surface area contributed by atoms with Gasteiger partial charge in [-0.2, -0.15) is 0 Å². The Bertz CT molecular complexity index is 1910. The van der Waals surface area contributed by atoms with Crippen LogP contribution in [0.2, 0.25) is 5.02 Å². The number of piperidine rings is 1. The van der Waals surface area contributed by atoms with E-state index in [1.54, 1.807) is 18.3 Å². The highest BCUT2D eigenvalue weighted by Gasteiger charge is 2.32. The summed E-state index contributed by atoms with van der Waals surface area (Å²) in [5.41, 5.74) is 11.1. The number of methoxy groups -OCH3 is 1. The van der Waals surface area contributed by atoms with Crippen LogP contribution < -0.4 is 26.4 Å². The Morgan fingerprint density at radius 2 is 2.04 bits per heavy atom. The third-order valence-corrected chi connectivity index (χ3v) is 9.59. The highest BCUT2D eigenvalue weighted by molar-refractivity contribution is 7.99. The molecular weight excluding hydrogens is 630 g/mol. The average Bonchev–Trinajstić information content (AvgIpc) is 3.07. The van der Waals surface area contributed by atoms with E-state index in [-0.39, 0.29) is 44.6 Å². The second kappa shape index (κ2) is 13.4. The number of nitrogens with zero attached hydrogens (tertiary/aromatic N) is 4. The van der Waals surface area contributed by atoms with E-state index in [1.807, 2.05) is 0 Å².